The van der Waals surface area contributed by atoms with Crippen molar-refractivity contribution in [3.63, 3.8) is 0 Å². The number of oxazole rings is 1. The third-order valence-corrected chi connectivity index (χ3v) is 4.53. The number of fused-ring (bicyclic) bond motifs is 1. The van der Waals surface area contributed by atoms with Crippen molar-refractivity contribution >= 4 is 22.7 Å². The molecule has 0 radical (unpaired) electrons. The van der Waals surface area contributed by atoms with Gasteiger partial charge in [-0.3, -0.25) is 0 Å². The van der Waals surface area contributed by atoms with Crippen LogP contribution in [0.2, 0.25) is 5.02 Å². The number of rotatable bonds is 2. The average molecular weight is 279 g/mol. The van der Waals surface area contributed by atoms with Crippen LogP contribution in [-0.4, -0.2) is 18.1 Å². The smallest absolute Gasteiger partial charge is 0.201 e. The minimum absolute atomic E-state index is 0.0736. The summed E-state index contributed by atoms with van der Waals surface area (Å²) >= 11 is 6.16. The molecule has 1 aromatic heterocycles. The van der Waals surface area contributed by atoms with Gasteiger partial charge < -0.3 is 9.73 Å². The molecule has 1 saturated heterocycles. The number of nitrogens with one attached hydrogen (secondary N) is 1. The number of piperidine rings is 1. The number of halogens is 1. The number of hydrogen-bond donors (Lipinski definition) is 1. The van der Waals surface area contributed by atoms with Crippen LogP contribution >= 0.6 is 11.6 Å². The summed E-state index contributed by atoms with van der Waals surface area (Å²) in [6.07, 6.45) is 2.43. The zero-order valence-electron chi connectivity index (χ0n) is 11.4. The van der Waals surface area contributed by atoms with Gasteiger partial charge in [-0.2, -0.15) is 0 Å². The number of para-hydroxylation sites is 1. The van der Waals surface area contributed by atoms with Gasteiger partial charge in [-0.15, -0.1) is 0 Å². The molecule has 3 rings (SSSR count). The molecule has 1 fully saturated rings. The van der Waals surface area contributed by atoms with Crippen molar-refractivity contribution in [3.05, 3.63) is 29.1 Å². The first kappa shape index (κ1) is 12.9. The van der Waals surface area contributed by atoms with Crippen LogP contribution in [-0.2, 0) is 5.41 Å². The summed E-state index contributed by atoms with van der Waals surface area (Å²) < 4.78 is 5.95. The summed E-state index contributed by atoms with van der Waals surface area (Å²) in [4.78, 5) is 4.64. The fourth-order valence-corrected chi connectivity index (χ4v) is 3.04. The SMILES string of the molecule is CC(C)(c1nc2cccc(Cl)c2o1)C1CCCNC1. The van der Waals surface area contributed by atoms with Crippen LogP contribution in [0.25, 0.3) is 11.1 Å². The van der Waals surface area contributed by atoms with Gasteiger partial charge in [-0.1, -0.05) is 31.5 Å². The molecule has 2 aromatic rings. The Morgan fingerprint density at radius 2 is 2.26 bits per heavy atom. The molecule has 1 unspecified atom stereocenters. The first-order valence-corrected chi connectivity index (χ1v) is 7.23. The Bertz CT molecular complexity index is 585. The van der Waals surface area contributed by atoms with Crippen LogP contribution < -0.4 is 5.32 Å². The van der Waals surface area contributed by atoms with E-state index in [-0.39, 0.29) is 5.41 Å². The molecule has 1 aliphatic rings. The molecule has 0 spiro atoms. The molecule has 1 atom stereocenters. The molecule has 0 aliphatic carbocycles. The van der Waals surface area contributed by atoms with Crippen molar-refractivity contribution in [3.8, 4) is 0 Å². The van der Waals surface area contributed by atoms with E-state index in [4.69, 9.17) is 16.0 Å². The molecular formula is C15H19ClN2O. The molecule has 1 aliphatic heterocycles. The third-order valence-electron chi connectivity index (χ3n) is 4.24. The standard InChI is InChI=1S/C15H19ClN2O/c1-15(2,10-5-4-8-17-9-10)14-18-12-7-3-6-11(16)13(12)19-14/h3,6-7,10,17H,4-5,8-9H2,1-2H3. The first-order valence-electron chi connectivity index (χ1n) is 6.85. The van der Waals surface area contributed by atoms with E-state index in [1.54, 1.807) is 0 Å². The van der Waals surface area contributed by atoms with Crippen molar-refractivity contribution in [2.24, 2.45) is 5.92 Å². The predicted octanol–water partition coefficient (Wildman–Crippen LogP) is 3.76. The molecule has 0 saturated carbocycles. The van der Waals surface area contributed by atoms with Crippen molar-refractivity contribution in [1.29, 1.82) is 0 Å². The molecule has 3 nitrogen and oxygen atoms in total. The lowest BCUT2D eigenvalue weighted by atomic mass is 9.75. The topological polar surface area (TPSA) is 38.1 Å². The normalized spacial score (nSPS) is 20.9. The second-order valence-corrected chi connectivity index (χ2v) is 6.28. The molecular weight excluding hydrogens is 260 g/mol. The van der Waals surface area contributed by atoms with Crippen molar-refractivity contribution in [2.75, 3.05) is 13.1 Å². The van der Waals surface area contributed by atoms with E-state index >= 15 is 0 Å². The molecule has 2 heterocycles. The zero-order chi connectivity index (χ0) is 13.5. The number of aromatic nitrogens is 1. The van der Waals surface area contributed by atoms with E-state index in [9.17, 15) is 0 Å². The summed E-state index contributed by atoms with van der Waals surface area (Å²) in [5, 5.41) is 4.09. The summed E-state index contributed by atoms with van der Waals surface area (Å²) in [5.74, 6) is 1.34. The monoisotopic (exact) mass is 278 g/mol. The maximum absolute atomic E-state index is 6.16. The molecule has 1 aromatic carbocycles. The summed E-state index contributed by atoms with van der Waals surface area (Å²) in [6, 6.07) is 5.70. The Morgan fingerprint density at radius 3 is 2.95 bits per heavy atom. The fraction of sp³-hybridized carbons (Fsp3) is 0.533. The average Bonchev–Trinajstić information content (AvgIpc) is 2.86. The van der Waals surface area contributed by atoms with E-state index in [1.807, 2.05) is 18.2 Å². The number of hydrogen-bond acceptors (Lipinski definition) is 3. The van der Waals surface area contributed by atoms with Crippen LogP contribution in [0.1, 0.15) is 32.6 Å². The van der Waals surface area contributed by atoms with Gasteiger partial charge >= 0.3 is 0 Å². The Morgan fingerprint density at radius 1 is 1.42 bits per heavy atom. The van der Waals surface area contributed by atoms with E-state index < -0.39 is 0 Å². The van der Waals surface area contributed by atoms with Gasteiger partial charge in [0.1, 0.15) is 5.52 Å². The highest BCUT2D eigenvalue weighted by atomic mass is 35.5. The molecule has 0 amide bonds. The highest BCUT2D eigenvalue weighted by molar-refractivity contribution is 6.34. The van der Waals surface area contributed by atoms with Crippen LogP contribution in [0.3, 0.4) is 0 Å². The lowest BCUT2D eigenvalue weighted by molar-refractivity contribution is 0.215. The van der Waals surface area contributed by atoms with Crippen LogP contribution in [0, 0.1) is 5.92 Å². The van der Waals surface area contributed by atoms with Crippen LogP contribution in [0.15, 0.2) is 22.6 Å². The molecule has 1 N–H and O–H groups in total. The quantitative estimate of drug-likeness (QED) is 0.909. The second kappa shape index (κ2) is 4.80. The van der Waals surface area contributed by atoms with Crippen molar-refractivity contribution in [2.45, 2.75) is 32.1 Å². The minimum atomic E-state index is -0.0736. The largest absolute Gasteiger partial charge is 0.439 e. The van der Waals surface area contributed by atoms with Gasteiger partial charge in [0.2, 0.25) is 5.89 Å². The maximum atomic E-state index is 6.16. The van der Waals surface area contributed by atoms with E-state index in [2.05, 4.69) is 24.1 Å². The zero-order valence-corrected chi connectivity index (χ0v) is 12.1. The Kier molecular flexibility index (Phi) is 3.27. The summed E-state index contributed by atoms with van der Waals surface area (Å²) in [7, 11) is 0. The van der Waals surface area contributed by atoms with Gasteiger partial charge in [0.05, 0.1) is 5.02 Å². The number of benzene rings is 1. The molecule has 19 heavy (non-hydrogen) atoms. The lowest BCUT2D eigenvalue weighted by Crippen LogP contribution is -2.40. The molecule has 4 heteroatoms. The molecule has 0 bridgehead atoms. The van der Waals surface area contributed by atoms with Gasteiger partial charge in [0, 0.05) is 5.41 Å². The van der Waals surface area contributed by atoms with Crippen molar-refractivity contribution < 1.29 is 4.42 Å². The second-order valence-electron chi connectivity index (χ2n) is 5.87. The maximum Gasteiger partial charge on any atom is 0.201 e. The van der Waals surface area contributed by atoms with E-state index in [0.717, 1.165) is 24.5 Å². The number of nitrogens with zero attached hydrogens (tertiary/aromatic N) is 1. The highest BCUT2D eigenvalue weighted by Crippen LogP contribution is 2.37. The fourth-order valence-electron chi connectivity index (χ4n) is 2.83. The Hall–Kier alpha value is -1.06. The van der Waals surface area contributed by atoms with Crippen molar-refractivity contribution in [1.82, 2.24) is 10.3 Å². The third kappa shape index (κ3) is 2.26. The van der Waals surface area contributed by atoms with Crippen LogP contribution in [0.4, 0.5) is 0 Å². The van der Waals surface area contributed by atoms with Gasteiger partial charge in [0.15, 0.2) is 5.58 Å². The Labute approximate surface area is 118 Å². The highest BCUT2D eigenvalue weighted by Gasteiger charge is 2.36. The van der Waals surface area contributed by atoms with Gasteiger partial charge in [0.25, 0.3) is 0 Å². The summed E-state index contributed by atoms with van der Waals surface area (Å²) in [5.41, 5.74) is 1.48. The minimum Gasteiger partial charge on any atom is -0.439 e. The van der Waals surface area contributed by atoms with E-state index in [0.29, 0.717) is 16.5 Å². The van der Waals surface area contributed by atoms with E-state index in [1.165, 1.54) is 12.8 Å². The van der Waals surface area contributed by atoms with Gasteiger partial charge in [-0.25, -0.2) is 4.98 Å². The summed E-state index contributed by atoms with van der Waals surface area (Å²) in [6.45, 7) is 6.57. The lowest BCUT2D eigenvalue weighted by Gasteiger charge is -2.34. The van der Waals surface area contributed by atoms with Crippen LogP contribution in [0.5, 0.6) is 0 Å². The Balaban J connectivity index is 2.00. The van der Waals surface area contributed by atoms with Gasteiger partial charge in [-0.05, 0) is 44.0 Å². The first-order chi connectivity index (χ1) is 9.09. The molecule has 102 valence electrons. The predicted molar refractivity (Wildman–Crippen MR) is 77.6 cm³/mol.